The minimum atomic E-state index is -1.20. The predicted octanol–water partition coefficient (Wildman–Crippen LogP) is 5.33. The predicted molar refractivity (Wildman–Crippen MR) is 140 cm³/mol. The number of aromatic carboxylic acids is 1. The van der Waals surface area contributed by atoms with Gasteiger partial charge in [-0.2, -0.15) is 0 Å². The summed E-state index contributed by atoms with van der Waals surface area (Å²) in [6.45, 7) is 0.768. The number of fused-ring (bicyclic) bond motifs is 2. The number of carboxylic acids is 1. The van der Waals surface area contributed by atoms with Crippen LogP contribution in [0.15, 0.2) is 53.7 Å². The summed E-state index contributed by atoms with van der Waals surface area (Å²) in [5, 5.41) is 13.7. The number of hydrogen-bond acceptors (Lipinski definition) is 6. The number of methoxy groups -OCH3 is 1. The van der Waals surface area contributed by atoms with Gasteiger partial charge in [-0.1, -0.05) is 6.07 Å². The zero-order valence-electron chi connectivity index (χ0n) is 20.0. The van der Waals surface area contributed by atoms with E-state index in [1.54, 1.807) is 30.7 Å². The van der Waals surface area contributed by atoms with E-state index in [-0.39, 0.29) is 17.6 Å². The Morgan fingerprint density at radius 3 is 2.86 bits per heavy atom. The highest BCUT2D eigenvalue weighted by atomic mass is 32.1. The number of rotatable bonds is 7. The van der Waals surface area contributed by atoms with Crippen LogP contribution < -0.4 is 15.5 Å². The van der Waals surface area contributed by atoms with Crippen molar-refractivity contribution in [3.8, 4) is 16.2 Å². The zero-order chi connectivity index (χ0) is 24.8. The average Bonchev–Trinajstić information content (AvgIpc) is 3.65. The molecular weight excluding hydrogens is 474 g/mol. The summed E-state index contributed by atoms with van der Waals surface area (Å²) in [6.07, 6.45) is 10.4. The number of carboxylic acid groups (broad SMARTS) is 1. The molecule has 3 aromatic heterocycles. The third-order valence-electron chi connectivity index (χ3n) is 7.16. The van der Waals surface area contributed by atoms with Crippen LogP contribution in [0.1, 0.15) is 64.1 Å². The highest BCUT2D eigenvalue weighted by Gasteiger charge is 2.30. The topological polar surface area (TPSA) is 93.4 Å². The van der Waals surface area contributed by atoms with Crippen molar-refractivity contribution in [2.24, 2.45) is 0 Å². The second-order valence-electron chi connectivity index (χ2n) is 9.55. The molecule has 2 aliphatic rings. The third kappa shape index (κ3) is 4.00. The maximum Gasteiger partial charge on any atom is 0.341 e. The lowest BCUT2D eigenvalue weighted by Crippen LogP contribution is -2.23. The van der Waals surface area contributed by atoms with E-state index in [1.807, 2.05) is 22.9 Å². The number of nitrogens with zero attached hydrogens (tertiary/aromatic N) is 2. The lowest BCUT2D eigenvalue weighted by atomic mass is 9.94. The fourth-order valence-electron chi connectivity index (χ4n) is 5.24. The summed E-state index contributed by atoms with van der Waals surface area (Å²) in [5.74, 6) is -0.568. The first-order chi connectivity index (χ1) is 17.5. The summed E-state index contributed by atoms with van der Waals surface area (Å²) in [7, 11) is 1.62. The molecule has 0 amide bonds. The fourth-order valence-corrected chi connectivity index (χ4v) is 6.59. The second-order valence-corrected chi connectivity index (χ2v) is 10.6. The molecule has 0 radical (unpaired) electrons. The largest absolute Gasteiger partial charge is 0.494 e. The number of thiophene rings is 1. The van der Waals surface area contributed by atoms with Crippen molar-refractivity contribution < 1.29 is 14.6 Å². The molecule has 0 aliphatic heterocycles. The summed E-state index contributed by atoms with van der Waals surface area (Å²) < 4.78 is 7.87. The number of nitrogens with one attached hydrogen (secondary N) is 1. The molecule has 0 saturated heterocycles. The first-order valence-corrected chi connectivity index (χ1v) is 13.1. The fraction of sp³-hybridized carbons (Fsp3) is 0.321. The SMILES string of the molecule is COc1c(-c2cc3c(s2)C(NCc2cccnc2)CCC3)ccc2c(=O)c(C(=O)O)cn(C3CC3)c12. The molecule has 1 aromatic carbocycles. The molecule has 1 unspecified atom stereocenters. The minimum Gasteiger partial charge on any atom is -0.494 e. The van der Waals surface area contributed by atoms with Crippen LogP contribution in [0.3, 0.4) is 0 Å². The number of pyridine rings is 2. The van der Waals surface area contributed by atoms with Gasteiger partial charge in [-0.25, -0.2) is 4.79 Å². The molecule has 0 bridgehead atoms. The van der Waals surface area contributed by atoms with Crippen LogP contribution in [0, 0.1) is 0 Å². The van der Waals surface area contributed by atoms with E-state index >= 15 is 0 Å². The monoisotopic (exact) mass is 501 g/mol. The first kappa shape index (κ1) is 22.9. The Morgan fingerprint density at radius 2 is 2.14 bits per heavy atom. The van der Waals surface area contributed by atoms with Gasteiger partial charge in [-0.15, -0.1) is 11.3 Å². The Labute approximate surface area is 212 Å². The van der Waals surface area contributed by atoms with Gasteiger partial charge in [0, 0.05) is 52.5 Å². The molecule has 2 aliphatic carbocycles. The molecule has 184 valence electrons. The number of ether oxygens (including phenoxy) is 1. The summed E-state index contributed by atoms with van der Waals surface area (Å²) in [6, 6.07) is 10.4. The summed E-state index contributed by atoms with van der Waals surface area (Å²) in [5.41, 5.74) is 3.48. The van der Waals surface area contributed by atoms with Gasteiger partial charge < -0.3 is 19.7 Å². The maximum atomic E-state index is 13.0. The molecule has 36 heavy (non-hydrogen) atoms. The average molecular weight is 502 g/mol. The second kappa shape index (κ2) is 9.19. The third-order valence-corrected chi connectivity index (χ3v) is 8.48. The van der Waals surface area contributed by atoms with E-state index in [0.29, 0.717) is 16.7 Å². The van der Waals surface area contributed by atoms with Crippen molar-refractivity contribution in [1.82, 2.24) is 14.9 Å². The zero-order valence-corrected chi connectivity index (χ0v) is 20.8. The molecule has 6 rings (SSSR count). The number of hydrogen-bond donors (Lipinski definition) is 2. The Kier molecular flexibility index (Phi) is 5.85. The van der Waals surface area contributed by atoms with Gasteiger partial charge in [-0.3, -0.25) is 9.78 Å². The molecule has 7 nitrogen and oxygen atoms in total. The van der Waals surface area contributed by atoms with Gasteiger partial charge in [0.05, 0.1) is 18.0 Å². The van der Waals surface area contributed by atoms with Crippen LogP contribution in [0.5, 0.6) is 5.75 Å². The van der Waals surface area contributed by atoms with Gasteiger partial charge in [0.2, 0.25) is 5.43 Å². The lowest BCUT2D eigenvalue weighted by Gasteiger charge is -2.23. The van der Waals surface area contributed by atoms with Crippen LogP contribution in [0.25, 0.3) is 21.3 Å². The lowest BCUT2D eigenvalue weighted by molar-refractivity contribution is 0.0695. The maximum absolute atomic E-state index is 13.0. The van der Waals surface area contributed by atoms with E-state index < -0.39 is 11.4 Å². The van der Waals surface area contributed by atoms with Gasteiger partial charge in [0.1, 0.15) is 5.56 Å². The smallest absolute Gasteiger partial charge is 0.341 e. The van der Waals surface area contributed by atoms with E-state index in [1.165, 1.54) is 16.6 Å². The van der Waals surface area contributed by atoms with Crippen LogP contribution in [-0.2, 0) is 13.0 Å². The number of benzene rings is 1. The van der Waals surface area contributed by atoms with Crippen LogP contribution in [0.4, 0.5) is 0 Å². The highest BCUT2D eigenvalue weighted by Crippen LogP contribution is 2.46. The van der Waals surface area contributed by atoms with Gasteiger partial charge in [-0.05, 0) is 67.5 Å². The van der Waals surface area contributed by atoms with Gasteiger partial charge >= 0.3 is 5.97 Å². The van der Waals surface area contributed by atoms with Crippen LogP contribution >= 0.6 is 11.3 Å². The van der Waals surface area contributed by atoms with Crippen LogP contribution in [-0.4, -0.2) is 27.7 Å². The Balaban J connectivity index is 1.43. The number of aryl methyl sites for hydroxylation is 1. The minimum absolute atomic E-state index is 0.188. The van der Waals surface area contributed by atoms with Gasteiger partial charge in [0.15, 0.2) is 5.75 Å². The Bertz CT molecular complexity index is 1520. The van der Waals surface area contributed by atoms with Crippen molar-refractivity contribution in [2.45, 2.75) is 50.7 Å². The van der Waals surface area contributed by atoms with E-state index in [2.05, 4.69) is 22.4 Å². The van der Waals surface area contributed by atoms with Crippen LogP contribution in [0.2, 0.25) is 0 Å². The molecule has 2 N–H and O–H groups in total. The summed E-state index contributed by atoms with van der Waals surface area (Å²) >= 11 is 1.77. The van der Waals surface area contributed by atoms with Gasteiger partial charge in [0.25, 0.3) is 0 Å². The normalized spacial score (nSPS) is 17.2. The van der Waals surface area contributed by atoms with Crippen molar-refractivity contribution in [3.63, 3.8) is 0 Å². The highest BCUT2D eigenvalue weighted by molar-refractivity contribution is 7.15. The van der Waals surface area contributed by atoms with Crippen molar-refractivity contribution >= 4 is 28.2 Å². The molecule has 8 heteroatoms. The number of carbonyl (C=O) groups is 1. The molecule has 0 spiro atoms. The Hall–Kier alpha value is -3.49. The van der Waals surface area contributed by atoms with Crippen molar-refractivity contribution in [3.05, 3.63) is 80.7 Å². The molecular formula is C28H27N3O4S. The number of aromatic nitrogens is 2. The Morgan fingerprint density at radius 1 is 1.28 bits per heavy atom. The quantitative estimate of drug-likeness (QED) is 0.355. The summed E-state index contributed by atoms with van der Waals surface area (Å²) in [4.78, 5) is 31.4. The first-order valence-electron chi connectivity index (χ1n) is 12.3. The molecule has 1 atom stereocenters. The molecule has 1 saturated carbocycles. The van der Waals surface area contributed by atoms with E-state index in [9.17, 15) is 14.7 Å². The van der Waals surface area contributed by atoms with Crippen molar-refractivity contribution in [1.29, 1.82) is 0 Å². The molecule has 3 heterocycles. The standard InChI is InChI=1S/C28H27N3O4S/c1-35-26-19(9-10-20-24(26)31(18-7-8-18)15-21(25(20)32)28(33)34)23-12-17-5-2-6-22(27(17)36-23)30-14-16-4-3-11-29-13-16/h3-4,9-13,15,18,22,30H,2,5-8,14H2,1H3,(H,33,34). The van der Waals surface area contributed by atoms with E-state index in [4.69, 9.17) is 4.74 Å². The van der Waals surface area contributed by atoms with Crippen molar-refractivity contribution in [2.75, 3.05) is 7.11 Å². The molecule has 1 fully saturated rings. The molecule has 4 aromatic rings. The van der Waals surface area contributed by atoms with E-state index in [0.717, 1.165) is 54.7 Å².